The number of hydrogen-bond acceptors (Lipinski definition) is 3. The van der Waals surface area contributed by atoms with Gasteiger partial charge < -0.3 is 10.7 Å². The van der Waals surface area contributed by atoms with Crippen molar-refractivity contribution >= 4 is 32.8 Å². The first-order valence-corrected chi connectivity index (χ1v) is 7.33. The molecule has 4 nitrogen and oxygen atoms in total. The molecule has 106 valence electrons. The second-order valence-electron chi connectivity index (χ2n) is 5.06. The molecule has 0 amide bonds. The van der Waals surface area contributed by atoms with Crippen molar-refractivity contribution in [3.63, 3.8) is 0 Å². The van der Waals surface area contributed by atoms with Gasteiger partial charge in [-0.1, -0.05) is 23.8 Å². The molecule has 0 saturated heterocycles. The monoisotopic (exact) mass is 297 g/mol. The minimum Gasteiger partial charge on any atom is -0.398 e. The van der Waals surface area contributed by atoms with Gasteiger partial charge in [0.15, 0.2) is 5.82 Å². The Morgan fingerprint density at radius 3 is 2.71 bits per heavy atom. The molecule has 3 aromatic rings. The van der Waals surface area contributed by atoms with Crippen LogP contribution >= 0.6 is 0 Å². The number of para-hydroxylation sites is 2. The molecule has 0 spiro atoms. The molecule has 21 heavy (non-hydrogen) atoms. The van der Waals surface area contributed by atoms with Crippen LogP contribution in [0.1, 0.15) is 22.5 Å². The summed E-state index contributed by atoms with van der Waals surface area (Å²) in [5.41, 5.74) is 11.3. The average molecular weight is 297 g/mol. The van der Waals surface area contributed by atoms with Crippen molar-refractivity contribution in [2.24, 2.45) is 0 Å². The molecular weight excluding hydrogens is 282 g/mol. The van der Waals surface area contributed by atoms with Crippen LogP contribution in [-0.4, -0.2) is 19.0 Å². The number of nitrogens with zero attached hydrogens (tertiary/aromatic N) is 1. The number of aromatic amines is 1. The first-order valence-electron chi connectivity index (χ1n) is 6.59. The van der Waals surface area contributed by atoms with Crippen LogP contribution in [0.4, 0.5) is 5.69 Å². The van der Waals surface area contributed by atoms with Gasteiger partial charge in [0.05, 0.1) is 11.0 Å². The van der Waals surface area contributed by atoms with Crippen molar-refractivity contribution < 1.29 is 4.21 Å². The minimum atomic E-state index is 0.416. The van der Waals surface area contributed by atoms with Crippen molar-refractivity contribution in [3.05, 3.63) is 58.9 Å². The van der Waals surface area contributed by atoms with Crippen LogP contribution in [-0.2, 0) is 11.3 Å². The number of rotatable bonds is 2. The lowest BCUT2D eigenvalue weighted by molar-refractivity contribution is 0.701. The number of nitrogens with two attached hydrogens (primary N) is 1. The smallest absolute Gasteiger partial charge is 0.152 e. The molecule has 5 heteroatoms. The van der Waals surface area contributed by atoms with E-state index in [1.807, 2.05) is 50.2 Å². The summed E-state index contributed by atoms with van der Waals surface area (Å²) in [4.78, 5) is 8.20. The van der Waals surface area contributed by atoms with Crippen LogP contribution in [0.15, 0.2) is 36.4 Å². The van der Waals surface area contributed by atoms with Crippen LogP contribution in [0.5, 0.6) is 0 Å². The van der Waals surface area contributed by atoms with Gasteiger partial charge in [-0.15, -0.1) is 0 Å². The Hall–Kier alpha value is -2.40. The highest BCUT2D eigenvalue weighted by atomic mass is 32.1. The van der Waals surface area contributed by atoms with E-state index in [0.29, 0.717) is 27.6 Å². The number of aryl methyl sites for hydroxylation is 2. The summed E-state index contributed by atoms with van der Waals surface area (Å²) in [5.74, 6) is 0.563. The van der Waals surface area contributed by atoms with Crippen LogP contribution in [0, 0.1) is 13.8 Å². The third kappa shape index (κ3) is 2.36. The molecule has 2 aromatic carbocycles. The number of benzene rings is 2. The number of hydrogen-bond donors (Lipinski definition) is 2. The van der Waals surface area contributed by atoms with E-state index in [1.165, 1.54) is 0 Å². The van der Waals surface area contributed by atoms with Crippen LogP contribution in [0.25, 0.3) is 11.0 Å². The summed E-state index contributed by atoms with van der Waals surface area (Å²) >= 11 is 0.416. The number of imidazole rings is 1. The molecule has 1 heterocycles. The zero-order chi connectivity index (χ0) is 15.0. The second kappa shape index (κ2) is 5.18. The van der Waals surface area contributed by atoms with Gasteiger partial charge >= 0.3 is 0 Å². The number of anilines is 1. The Balaban J connectivity index is 2.22. The van der Waals surface area contributed by atoms with Crippen LogP contribution in [0.3, 0.4) is 0 Å². The number of fused-ring (bicyclic) bond motifs is 1. The van der Waals surface area contributed by atoms with Crippen molar-refractivity contribution in [2.75, 3.05) is 5.73 Å². The van der Waals surface area contributed by atoms with Gasteiger partial charge in [-0.25, -0.2) is 9.19 Å². The fraction of sp³-hybridized carbons (Fsp3) is 0.125. The predicted octanol–water partition coefficient (Wildman–Crippen LogP) is 2.54. The van der Waals surface area contributed by atoms with E-state index in [9.17, 15) is 4.21 Å². The quantitative estimate of drug-likeness (QED) is 0.434. The zero-order valence-electron chi connectivity index (χ0n) is 11.8. The summed E-state index contributed by atoms with van der Waals surface area (Å²) in [7, 11) is 0. The molecule has 3 N–H and O–H groups in total. The average Bonchev–Trinajstić information content (AvgIpc) is 2.88. The molecule has 0 atom stereocenters. The first-order chi connectivity index (χ1) is 10.1. The van der Waals surface area contributed by atoms with Crippen molar-refractivity contribution in [3.8, 4) is 0 Å². The Bertz CT molecular complexity index is 859. The summed E-state index contributed by atoms with van der Waals surface area (Å²) in [6.45, 7) is 3.93. The minimum absolute atomic E-state index is 0.416. The predicted molar refractivity (Wildman–Crippen MR) is 87.8 cm³/mol. The largest absolute Gasteiger partial charge is 0.398 e. The number of H-pyrrole nitrogens is 1. The third-order valence-electron chi connectivity index (χ3n) is 3.46. The summed E-state index contributed by atoms with van der Waals surface area (Å²) < 4.78 is 11.6. The highest BCUT2D eigenvalue weighted by molar-refractivity contribution is 7.67. The second-order valence-corrected chi connectivity index (χ2v) is 5.63. The normalized spacial score (nSPS) is 10.8. The molecule has 0 aliphatic carbocycles. The maximum atomic E-state index is 11.6. The lowest BCUT2D eigenvalue weighted by Crippen LogP contribution is -2.10. The maximum absolute atomic E-state index is 11.6. The maximum Gasteiger partial charge on any atom is 0.152 e. The van der Waals surface area contributed by atoms with E-state index in [4.69, 9.17) is 5.73 Å². The fourth-order valence-corrected chi connectivity index (χ4v) is 2.87. The Kier molecular flexibility index (Phi) is 3.35. The Morgan fingerprint density at radius 1 is 1.24 bits per heavy atom. The van der Waals surface area contributed by atoms with Gasteiger partial charge in [0, 0.05) is 11.3 Å². The first kappa shape index (κ1) is 13.6. The molecular formula is C16H15N3OS. The number of nitrogens with one attached hydrogen (secondary N) is 1. The van der Waals surface area contributed by atoms with Gasteiger partial charge in [0.1, 0.15) is 16.1 Å². The molecule has 1 aromatic heterocycles. The Morgan fingerprint density at radius 2 is 2.00 bits per heavy atom. The van der Waals surface area contributed by atoms with Crippen molar-refractivity contribution in [2.45, 2.75) is 13.8 Å². The SMILES string of the molecule is Cc1cc(C)c(N)c(C(=S=O)c2nc3ccccc3[nH]2)c1. The third-order valence-corrected chi connectivity index (χ3v) is 4.04. The summed E-state index contributed by atoms with van der Waals surface area (Å²) in [5, 5.41) is 0. The van der Waals surface area contributed by atoms with Gasteiger partial charge in [0.2, 0.25) is 0 Å². The lowest BCUT2D eigenvalue weighted by atomic mass is 10.0. The molecule has 0 unspecified atom stereocenters. The number of aromatic nitrogens is 2. The van der Waals surface area contributed by atoms with E-state index in [1.54, 1.807) is 0 Å². The van der Waals surface area contributed by atoms with Gasteiger partial charge in [-0.05, 0) is 37.6 Å². The molecule has 0 bridgehead atoms. The fourth-order valence-electron chi connectivity index (χ4n) is 2.44. The van der Waals surface area contributed by atoms with E-state index in [-0.39, 0.29) is 0 Å². The van der Waals surface area contributed by atoms with E-state index in [2.05, 4.69) is 9.97 Å². The molecule has 0 fully saturated rings. The molecule has 0 aliphatic heterocycles. The molecule has 0 saturated carbocycles. The molecule has 0 radical (unpaired) electrons. The van der Waals surface area contributed by atoms with Gasteiger partial charge in [0.25, 0.3) is 0 Å². The summed E-state index contributed by atoms with van der Waals surface area (Å²) in [6.07, 6.45) is 0. The van der Waals surface area contributed by atoms with Crippen molar-refractivity contribution in [1.29, 1.82) is 0 Å². The standard InChI is InChI=1S/C16H15N3OS/c1-9-7-10(2)14(17)11(8-9)15(21-20)16-18-12-5-3-4-6-13(12)19-16/h3-8H,17H2,1-2H3,(H,18,19). The molecule has 0 aliphatic rings. The Labute approximate surface area is 126 Å². The highest BCUT2D eigenvalue weighted by Gasteiger charge is 2.16. The van der Waals surface area contributed by atoms with E-state index < -0.39 is 0 Å². The van der Waals surface area contributed by atoms with E-state index >= 15 is 0 Å². The van der Waals surface area contributed by atoms with Gasteiger partial charge in [-0.2, -0.15) is 0 Å². The zero-order valence-corrected chi connectivity index (χ0v) is 12.6. The summed E-state index contributed by atoms with van der Waals surface area (Å²) in [6, 6.07) is 11.6. The topological polar surface area (TPSA) is 71.8 Å². The lowest BCUT2D eigenvalue weighted by Gasteiger charge is -2.09. The van der Waals surface area contributed by atoms with Crippen molar-refractivity contribution in [1.82, 2.24) is 9.97 Å². The van der Waals surface area contributed by atoms with E-state index in [0.717, 1.165) is 27.7 Å². The van der Waals surface area contributed by atoms with Gasteiger partial charge in [-0.3, -0.25) is 0 Å². The van der Waals surface area contributed by atoms with Crippen LogP contribution < -0.4 is 5.73 Å². The van der Waals surface area contributed by atoms with Crippen LogP contribution in [0.2, 0.25) is 0 Å². The molecule has 3 rings (SSSR count). The number of nitrogen functional groups attached to an aromatic ring is 1. The highest BCUT2D eigenvalue weighted by Crippen LogP contribution is 2.22.